The molecule has 0 bridgehead atoms. The van der Waals surface area contributed by atoms with Gasteiger partial charge in [-0.3, -0.25) is 0 Å². The van der Waals surface area contributed by atoms with E-state index in [-0.39, 0.29) is 0 Å². The Balaban J connectivity index is 2.20. The van der Waals surface area contributed by atoms with Crippen LogP contribution >= 0.6 is 38.9 Å². The number of halogens is 2. The minimum absolute atomic E-state index is 0.295. The molecule has 4 heteroatoms. The largest absolute Gasteiger partial charge is 0.313 e. The fourth-order valence-electron chi connectivity index (χ4n) is 1.77. The van der Waals surface area contributed by atoms with Gasteiger partial charge in [0.15, 0.2) is 0 Å². The molecule has 1 atom stereocenters. The van der Waals surface area contributed by atoms with E-state index in [1.165, 1.54) is 14.9 Å². The number of hydrogen-bond acceptors (Lipinski definition) is 2. The molecule has 1 unspecified atom stereocenters. The van der Waals surface area contributed by atoms with E-state index in [0.29, 0.717) is 6.04 Å². The van der Waals surface area contributed by atoms with Crippen LogP contribution in [-0.4, -0.2) is 7.05 Å². The van der Waals surface area contributed by atoms with Crippen molar-refractivity contribution in [1.29, 1.82) is 0 Å². The van der Waals surface area contributed by atoms with Crippen molar-refractivity contribution >= 4 is 38.9 Å². The number of rotatable bonds is 4. The van der Waals surface area contributed by atoms with Gasteiger partial charge in [-0.15, -0.1) is 11.3 Å². The molecule has 1 aromatic heterocycles. The van der Waals surface area contributed by atoms with Crippen molar-refractivity contribution in [3.05, 3.63) is 55.6 Å². The summed E-state index contributed by atoms with van der Waals surface area (Å²) >= 11 is 11.4. The normalized spacial score (nSPS) is 12.6. The summed E-state index contributed by atoms with van der Waals surface area (Å²) in [4.78, 5) is 1.35. The van der Waals surface area contributed by atoms with Gasteiger partial charge < -0.3 is 5.32 Å². The lowest BCUT2D eigenvalue weighted by atomic mass is 10.0. The fourth-order valence-corrected chi connectivity index (χ4v) is 3.53. The van der Waals surface area contributed by atoms with Crippen LogP contribution in [0.4, 0.5) is 0 Å². The van der Waals surface area contributed by atoms with Crippen molar-refractivity contribution in [3.63, 3.8) is 0 Å². The first kappa shape index (κ1) is 13.1. The Bertz CT molecular complexity index is 498. The summed E-state index contributed by atoms with van der Waals surface area (Å²) in [6.45, 7) is 0. The number of benzene rings is 1. The van der Waals surface area contributed by atoms with Gasteiger partial charge in [-0.1, -0.05) is 23.7 Å². The zero-order valence-electron chi connectivity index (χ0n) is 9.41. The Hall–Kier alpha value is -0.350. The summed E-state index contributed by atoms with van der Waals surface area (Å²) in [6, 6.07) is 10.4. The van der Waals surface area contributed by atoms with E-state index in [9.17, 15) is 0 Å². The van der Waals surface area contributed by atoms with Gasteiger partial charge in [0, 0.05) is 26.8 Å². The minimum atomic E-state index is 0.295. The summed E-state index contributed by atoms with van der Waals surface area (Å²) in [5.41, 5.74) is 1.22. The molecule has 0 aliphatic carbocycles. The van der Waals surface area contributed by atoms with Crippen LogP contribution in [0.25, 0.3) is 0 Å². The van der Waals surface area contributed by atoms with Gasteiger partial charge in [0.05, 0.1) is 0 Å². The molecule has 0 radical (unpaired) electrons. The lowest BCUT2D eigenvalue weighted by Gasteiger charge is -2.16. The summed E-state index contributed by atoms with van der Waals surface area (Å²) in [5, 5.41) is 6.22. The van der Waals surface area contributed by atoms with Crippen molar-refractivity contribution in [1.82, 2.24) is 5.32 Å². The Labute approximate surface area is 119 Å². The highest BCUT2D eigenvalue weighted by Crippen LogP contribution is 2.28. The van der Waals surface area contributed by atoms with Crippen molar-refractivity contribution in [2.45, 2.75) is 12.5 Å². The quantitative estimate of drug-likeness (QED) is 0.859. The predicted molar refractivity (Wildman–Crippen MR) is 79.0 cm³/mol. The molecule has 1 nitrogen and oxygen atoms in total. The first-order valence-corrected chi connectivity index (χ1v) is 7.40. The lowest BCUT2D eigenvalue weighted by Crippen LogP contribution is -2.18. The SMILES string of the molecule is CNC(Cc1sccc1Br)c1cccc(Cl)c1. The van der Waals surface area contributed by atoms with Gasteiger partial charge in [-0.05, 0) is 52.1 Å². The van der Waals surface area contributed by atoms with Crippen LogP contribution < -0.4 is 5.32 Å². The van der Waals surface area contributed by atoms with Crippen molar-refractivity contribution < 1.29 is 0 Å². The third-order valence-corrected chi connectivity index (χ3v) is 4.86. The van der Waals surface area contributed by atoms with Crippen LogP contribution in [0.15, 0.2) is 40.2 Å². The Morgan fingerprint density at radius 1 is 1.41 bits per heavy atom. The van der Waals surface area contributed by atoms with Crippen LogP contribution in [-0.2, 0) is 6.42 Å². The molecule has 0 amide bonds. The van der Waals surface area contributed by atoms with Crippen LogP contribution in [0.1, 0.15) is 16.5 Å². The topological polar surface area (TPSA) is 12.0 Å². The molecular formula is C13H13BrClNS. The number of thiophene rings is 1. The maximum absolute atomic E-state index is 6.02. The number of likely N-dealkylation sites (N-methyl/N-ethyl adjacent to an activating group) is 1. The molecule has 1 aromatic carbocycles. The molecule has 2 aromatic rings. The van der Waals surface area contributed by atoms with Crippen molar-refractivity contribution in [2.75, 3.05) is 7.05 Å². The monoisotopic (exact) mass is 329 g/mol. The Morgan fingerprint density at radius 2 is 2.24 bits per heavy atom. The molecule has 1 heterocycles. The molecule has 17 heavy (non-hydrogen) atoms. The van der Waals surface area contributed by atoms with Crippen LogP contribution in [0.3, 0.4) is 0 Å². The maximum atomic E-state index is 6.02. The molecule has 90 valence electrons. The summed E-state index contributed by atoms with van der Waals surface area (Å²) in [5.74, 6) is 0. The van der Waals surface area contributed by atoms with E-state index in [1.807, 2.05) is 25.2 Å². The molecule has 0 fully saturated rings. The Morgan fingerprint density at radius 3 is 2.82 bits per heavy atom. The van der Waals surface area contributed by atoms with Gasteiger partial charge in [0.2, 0.25) is 0 Å². The van der Waals surface area contributed by atoms with E-state index < -0.39 is 0 Å². The second-order valence-corrected chi connectivity index (χ2v) is 6.08. The van der Waals surface area contributed by atoms with Crippen molar-refractivity contribution in [3.8, 4) is 0 Å². The first-order chi connectivity index (χ1) is 8.20. The predicted octanol–water partition coefficient (Wildman–Crippen LogP) is 4.67. The van der Waals surface area contributed by atoms with Crippen LogP contribution in [0.2, 0.25) is 5.02 Å². The molecule has 1 N–H and O–H groups in total. The molecule has 2 rings (SSSR count). The number of hydrogen-bond donors (Lipinski definition) is 1. The van der Waals surface area contributed by atoms with E-state index in [2.05, 4.69) is 38.8 Å². The number of nitrogens with one attached hydrogen (secondary N) is 1. The van der Waals surface area contributed by atoms with Crippen LogP contribution in [0.5, 0.6) is 0 Å². The van der Waals surface area contributed by atoms with Gasteiger partial charge in [0.1, 0.15) is 0 Å². The molecule has 0 aliphatic heterocycles. The van der Waals surface area contributed by atoms with Crippen molar-refractivity contribution in [2.24, 2.45) is 0 Å². The van der Waals surface area contributed by atoms with Crippen LogP contribution in [0, 0.1) is 0 Å². The average Bonchev–Trinajstić information content (AvgIpc) is 2.71. The third-order valence-electron chi connectivity index (χ3n) is 2.68. The van der Waals surface area contributed by atoms with E-state index in [4.69, 9.17) is 11.6 Å². The van der Waals surface area contributed by atoms with Gasteiger partial charge in [0.25, 0.3) is 0 Å². The minimum Gasteiger partial charge on any atom is -0.313 e. The molecular weight excluding hydrogens is 318 g/mol. The zero-order chi connectivity index (χ0) is 12.3. The van der Waals surface area contributed by atoms with Gasteiger partial charge >= 0.3 is 0 Å². The average molecular weight is 331 g/mol. The van der Waals surface area contributed by atoms with E-state index in [0.717, 1.165) is 11.4 Å². The highest BCUT2D eigenvalue weighted by atomic mass is 79.9. The summed E-state index contributed by atoms with van der Waals surface area (Å²) < 4.78 is 1.18. The maximum Gasteiger partial charge on any atom is 0.0409 e. The highest BCUT2D eigenvalue weighted by molar-refractivity contribution is 9.10. The summed E-state index contributed by atoms with van der Waals surface area (Å²) in [7, 11) is 1.98. The lowest BCUT2D eigenvalue weighted by molar-refractivity contribution is 0.596. The fraction of sp³-hybridized carbons (Fsp3) is 0.231. The molecule has 0 spiro atoms. The Kier molecular flexibility index (Phi) is 4.62. The first-order valence-electron chi connectivity index (χ1n) is 5.35. The summed E-state index contributed by atoms with van der Waals surface area (Å²) in [6.07, 6.45) is 0.967. The third kappa shape index (κ3) is 3.32. The zero-order valence-corrected chi connectivity index (χ0v) is 12.6. The van der Waals surface area contributed by atoms with E-state index in [1.54, 1.807) is 11.3 Å². The second kappa shape index (κ2) is 6.01. The standard InChI is InChI=1S/C13H13BrClNS/c1-16-12(8-13-11(14)5-6-17-13)9-3-2-4-10(15)7-9/h2-7,12,16H,8H2,1H3. The smallest absolute Gasteiger partial charge is 0.0409 e. The molecule has 0 aliphatic rings. The van der Waals surface area contributed by atoms with Gasteiger partial charge in [-0.2, -0.15) is 0 Å². The molecule has 0 saturated heterocycles. The molecule has 0 saturated carbocycles. The second-order valence-electron chi connectivity index (χ2n) is 3.79. The highest BCUT2D eigenvalue weighted by Gasteiger charge is 2.13. The van der Waals surface area contributed by atoms with E-state index >= 15 is 0 Å². The van der Waals surface area contributed by atoms with Gasteiger partial charge in [-0.25, -0.2) is 0 Å².